The number of benzene rings is 1. The van der Waals surface area contributed by atoms with E-state index in [1.54, 1.807) is 0 Å². The van der Waals surface area contributed by atoms with Crippen molar-refractivity contribution in [1.29, 1.82) is 0 Å². The first-order chi connectivity index (χ1) is 12.8. The zero-order valence-corrected chi connectivity index (χ0v) is 15.1. The van der Waals surface area contributed by atoms with E-state index in [1.165, 1.54) is 25.4 Å². The molecule has 0 unspecified atom stereocenters. The van der Waals surface area contributed by atoms with E-state index in [0.717, 1.165) is 28.3 Å². The van der Waals surface area contributed by atoms with Gasteiger partial charge in [-0.1, -0.05) is 22.2 Å². The highest BCUT2D eigenvalue weighted by Crippen LogP contribution is 2.31. The molecule has 27 heavy (non-hydrogen) atoms. The van der Waals surface area contributed by atoms with Gasteiger partial charge in [0.05, 0.1) is 24.6 Å². The highest BCUT2D eigenvalue weighted by Gasteiger charge is 2.31. The number of hydrogen-bond donors (Lipinski definition) is 0. The van der Waals surface area contributed by atoms with E-state index >= 15 is 0 Å². The second-order valence-electron chi connectivity index (χ2n) is 5.11. The summed E-state index contributed by atoms with van der Waals surface area (Å²) in [4.78, 5) is 12.3. The molecule has 0 fully saturated rings. The molecule has 0 bridgehead atoms. The van der Waals surface area contributed by atoms with Crippen LogP contribution in [0.25, 0.3) is 5.69 Å². The van der Waals surface area contributed by atoms with Gasteiger partial charge in [-0.25, -0.2) is 9.48 Å². The van der Waals surface area contributed by atoms with Crippen LogP contribution in [-0.4, -0.2) is 32.4 Å². The standard InChI is InChI=1S/C15H10ClF3N4O3S/c1-25-11-6-23(9-4-2-3-8(5-9)15(17,18)19)21-12(11)14(24)26-7-10-13(16)27-22-20-10/h2-6H,7H2,1H3. The number of halogens is 4. The van der Waals surface area contributed by atoms with Crippen molar-refractivity contribution in [1.82, 2.24) is 19.4 Å². The fraction of sp³-hybridized carbons (Fsp3) is 0.200. The number of rotatable bonds is 5. The van der Waals surface area contributed by atoms with Gasteiger partial charge in [0, 0.05) is 11.5 Å². The number of alkyl halides is 3. The van der Waals surface area contributed by atoms with Crippen LogP contribution in [0.1, 0.15) is 21.7 Å². The van der Waals surface area contributed by atoms with Crippen LogP contribution in [0, 0.1) is 0 Å². The Morgan fingerprint density at radius 2 is 2.15 bits per heavy atom. The predicted octanol–water partition coefficient (Wildman–Crippen LogP) is 3.76. The van der Waals surface area contributed by atoms with Crippen LogP contribution in [0.4, 0.5) is 13.2 Å². The second-order valence-corrected chi connectivity index (χ2v) is 6.46. The van der Waals surface area contributed by atoms with Crippen molar-refractivity contribution in [3.63, 3.8) is 0 Å². The third-order valence-electron chi connectivity index (χ3n) is 3.38. The molecule has 0 aliphatic rings. The van der Waals surface area contributed by atoms with Crippen molar-refractivity contribution in [2.75, 3.05) is 7.11 Å². The van der Waals surface area contributed by atoms with Gasteiger partial charge in [-0.2, -0.15) is 18.3 Å². The number of ether oxygens (including phenoxy) is 2. The van der Waals surface area contributed by atoms with Crippen LogP contribution in [0.15, 0.2) is 30.5 Å². The average Bonchev–Trinajstić information content (AvgIpc) is 3.25. The lowest BCUT2D eigenvalue weighted by Crippen LogP contribution is -2.09. The van der Waals surface area contributed by atoms with E-state index in [0.29, 0.717) is 0 Å². The summed E-state index contributed by atoms with van der Waals surface area (Å²) in [5.74, 6) is -0.804. The zero-order valence-electron chi connectivity index (χ0n) is 13.5. The van der Waals surface area contributed by atoms with E-state index in [9.17, 15) is 18.0 Å². The maximum atomic E-state index is 12.9. The number of aromatic nitrogens is 4. The molecular weight excluding hydrogens is 409 g/mol. The normalized spacial score (nSPS) is 11.4. The Labute approximate surface area is 159 Å². The summed E-state index contributed by atoms with van der Waals surface area (Å²) in [5.41, 5.74) is -0.654. The Balaban J connectivity index is 1.85. The van der Waals surface area contributed by atoms with Crippen molar-refractivity contribution in [2.24, 2.45) is 0 Å². The molecule has 0 N–H and O–H groups in total. The molecule has 3 aromatic rings. The number of carbonyl (C=O) groups is 1. The summed E-state index contributed by atoms with van der Waals surface area (Å²) in [6, 6.07) is 4.49. The molecule has 12 heteroatoms. The first-order valence-corrected chi connectivity index (χ1v) is 8.40. The number of nitrogens with zero attached hydrogens (tertiary/aromatic N) is 4. The van der Waals surface area contributed by atoms with Crippen LogP contribution >= 0.6 is 23.1 Å². The van der Waals surface area contributed by atoms with Crippen LogP contribution in [0.5, 0.6) is 5.75 Å². The summed E-state index contributed by atoms with van der Waals surface area (Å²) in [5, 5.41) is 7.69. The van der Waals surface area contributed by atoms with Crippen LogP contribution in [0.2, 0.25) is 4.34 Å². The summed E-state index contributed by atoms with van der Waals surface area (Å²) in [6.45, 7) is -0.228. The van der Waals surface area contributed by atoms with Gasteiger partial charge in [-0.05, 0) is 18.2 Å². The van der Waals surface area contributed by atoms with E-state index in [-0.39, 0.29) is 33.8 Å². The maximum Gasteiger partial charge on any atom is 0.416 e. The van der Waals surface area contributed by atoms with Crippen molar-refractivity contribution < 1.29 is 27.4 Å². The zero-order chi connectivity index (χ0) is 19.6. The first-order valence-electron chi connectivity index (χ1n) is 7.24. The molecule has 0 radical (unpaired) electrons. The van der Waals surface area contributed by atoms with Crippen LogP contribution in [-0.2, 0) is 17.5 Å². The maximum absolute atomic E-state index is 12.9. The summed E-state index contributed by atoms with van der Waals surface area (Å²) in [6.07, 6.45) is -3.22. The Kier molecular flexibility index (Phi) is 5.33. The Morgan fingerprint density at radius 3 is 2.78 bits per heavy atom. The van der Waals surface area contributed by atoms with Crippen LogP contribution < -0.4 is 4.74 Å². The Morgan fingerprint density at radius 1 is 1.37 bits per heavy atom. The molecule has 0 spiro atoms. The van der Waals surface area contributed by atoms with E-state index in [1.807, 2.05) is 0 Å². The highest BCUT2D eigenvalue weighted by atomic mass is 35.5. The molecule has 1 aromatic carbocycles. The third-order valence-corrected chi connectivity index (χ3v) is 4.37. The summed E-state index contributed by atoms with van der Waals surface area (Å²) >= 11 is 6.77. The molecule has 3 rings (SSSR count). The van der Waals surface area contributed by atoms with Crippen molar-refractivity contribution in [3.8, 4) is 11.4 Å². The quantitative estimate of drug-likeness (QED) is 0.587. The minimum atomic E-state index is -4.50. The lowest BCUT2D eigenvalue weighted by Gasteiger charge is -2.08. The third kappa shape index (κ3) is 4.19. The smallest absolute Gasteiger partial charge is 0.416 e. The number of hydrogen-bond acceptors (Lipinski definition) is 7. The van der Waals surface area contributed by atoms with Gasteiger partial charge in [0.1, 0.15) is 16.6 Å². The van der Waals surface area contributed by atoms with Gasteiger partial charge in [0.25, 0.3) is 0 Å². The van der Waals surface area contributed by atoms with E-state index in [2.05, 4.69) is 14.7 Å². The molecule has 0 aliphatic carbocycles. The molecule has 0 amide bonds. The van der Waals surface area contributed by atoms with Gasteiger partial charge in [-0.3, -0.25) is 0 Å². The fourth-order valence-corrected chi connectivity index (χ4v) is 2.69. The van der Waals surface area contributed by atoms with Gasteiger partial charge >= 0.3 is 12.1 Å². The molecule has 7 nitrogen and oxygen atoms in total. The molecule has 2 heterocycles. The predicted molar refractivity (Wildman–Crippen MR) is 89.2 cm³/mol. The molecule has 0 saturated heterocycles. The molecule has 142 valence electrons. The largest absolute Gasteiger partial charge is 0.493 e. The topological polar surface area (TPSA) is 79.1 Å². The monoisotopic (exact) mass is 418 g/mol. The van der Waals surface area contributed by atoms with Crippen molar-refractivity contribution >= 4 is 29.1 Å². The molecule has 0 atom stereocenters. The van der Waals surface area contributed by atoms with Crippen molar-refractivity contribution in [2.45, 2.75) is 12.8 Å². The first kappa shape index (κ1) is 19.1. The molecule has 0 saturated carbocycles. The molecule has 0 aliphatic heterocycles. The minimum Gasteiger partial charge on any atom is -0.493 e. The number of carbonyl (C=O) groups excluding carboxylic acids is 1. The van der Waals surface area contributed by atoms with Gasteiger partial charge in [0.15, 0.2) is 5.75 Å². The van der Waals surface area contributed by atoms with Gasteiger partial charge in [-0.15, -0.1) is 5.10 Å². The number of methoxy groups -OCH3 is 1. The lowest BCUT2D eigenvalue weighted by molar-refractivity contribution is -0.137. The minimum absolute atomic E-state index is 0.0416. The molecular formula is C15H10ClF3N4O3S. The summed E-state index contributed by atoms with van der Waals surface area (Å²) < 4.78 is 53.8. The highest BCUT2D eigenvalue weighted by molar-refractivity contribution is 7.10. The SMILES string of the molecule is COc1cn(-c2cccc(C(F)(F)F)c2)nc1C(=O)OCc1nnsc1Cl. The Bertz CT molecular complexity index is 973. The van der Waals surface area contributed by atoms with Gasteiger partial charge < -0.3 is 9.47 Å². The second kappa shape index (κ2) is 7.53. The van der Waals surface area contributed by atoms with Gasteiger partial charge in [0.2, 0.25) is 5.69 Å². The Hall–Kier alpha value is -2.66. The van der Waals surface area contributed by atoms with E-state index < -0.39 is 17.7 Å². The fourth-order valence-electron chi connectivity index (χ4n) is 2.09. The summed E-state index contributed by atoms with van der Waals surface area (Å²) in [7, 11) is 1.30. The molecule has 2 aromatic heterocycles. The average molecular weight is 419 g/mol. The lowest BCUT2D eigenvalue weighted by atomic mass is 10.2. The van der Waals surface area contributed by atoms with E-state index in [4.69, 9.17) is 21.1 Å². The van der Waals surface area contributed by atoms with Crippen LogP contribution in [0.3, 0.4) is 0 Å². The van der Waals surface area contributed by atoms with Crippen molar-refractivity contribution in [3.05, 3.63) is 51.7 Å². The number of esters is 1.